The number of fused-ring (bicyclic) bond motifs is 1. The minimum atomic E-state index is -0.105. The monoisotopic (exact) mass is 597 g/mol. The Bertz CT molecular complexity index is 1550. The third-order valence-corrected chi connectivity index (χ3v) is 8.37. The van der Waals surface area contributed by atoms with Crippen molar-refractivity contribution in [2.45, 2.75) is 17.5 Å². The fourth-order valence-electron chi connectivity index (χ4n) is 5.15. The van der Waals surface area contributed by atoms with Gasteiger partial charge < -0.3 is 24.4 Å². The lowest BCUT2D eigenvalue weighted by molar-refractivity contribution is 0.0937. The Labute approximate surface area is 256 Å². The molecule has 1 saturated heterocycles. The fraction of sp³-hybridized carbons (Fsp3) is 0.303. The molecule has 9 nitrogen and oxygen atoms in total. The summed E-state index contributed by atoms with van der Waals surface area (Å²) in [6, 6.07) is 26.2. The van der Waals surface area contributed by atoms with Crippen LogP contribution in [0.25, 0.3) is 11.3 Å². The number of amides is 1. The van der Waals surface area contributed by atoms with E-state index in [1.54, 1.807) is 18.9 Å². The van der Waals surface area contributed by atoms with E-state index in [0.717, 1.165) is 66.9 Å². The van der Waals surface area contributed by atoms with Crippen LogP contribution in [0.4, 0.5) is 5.82 Å². The lowest BCUT2D eigenvalue weighted by Gasteiger charge is -2.35. The van der Waals surface area contributed by atoms with Gasteiger partial charge >= 0.3 is 0 Å². The molecular formula is C33H35N5O4S. The van der Waals surface area contributed by atoms with Crippen molar-refractivity contribution in [2.75, 3.05) is 58.1 Å². The standard InChI is InChI=1S/C33H35N5O4S/c1-40-17-12-34-32(39)27-9-5-6-25(18-27)22-43-33-35-28(26-7-3-2-4-8-26)20-31(36-33)38-15-13-37(14-16-38)21-24-10-11-29-30(19-24)42-23-41-29/h2-11,18-20H,12-17,21-23H2,1H3,(H,34,39). The quantitative estimate of drug-likeness (QED) is 0.148. The van der Waals surface area contributed by atoms with E-state index in [-0.39, 0.29) is 5.91 Å². The highest BCUT2D eigenvalue weighted by molar-refractivity contribution is 7.98. The van der Waals surface area contributed by atoms with Gasteiger partial charge in [-0.2, -0.15) is 0 Å². The van der Waals surface area contributed by atoms with Crippen LogP contribution >= 0.6 is 11.8 Å². The topological polar surface area (TPSA) is 89.1 Å². The van der Waals surface area contributed by atoms with Gasteiger partial charge in [-0.1, -0.05) is 60.3 Å². The van der Waals surface area contributed by atoms with Gasteiger partial charge in [-0.25, -0.2) is 9.97 Å². The Kier molecular flexibility index (Phi) is 9.37. The SMILES string of the molecule is COCCNC(=O)c1cccc(CSc2nc(-c3ccccc3)cc(N3CCN(Cc4ccc5c(c4)OCO5)CC3)n2)c1. The van der Waals surface area contributed by atoms with Gasteiger partial charge in [0.2, 0.25) is 6.79 Å². The molecule has 2 aliphatic rings. The average molecular weight is 598 g/mol. The molecule has 4 aromatic rings. The molecule has 0 unspecified atom stereocenters. The van der Waals surface area contributed by atoms with Crippen LogP contribution in [0.2, 0.25) is 0 Å². The second-order valence-corrected chi connectivity index (χ2v) is 11.4. The summed E-state index contributed by atoms with van der Waals surface area (Å²) in [6.45, 7) is 5.73. The highest BCUT2D eigenvalue weighted by Gasteiger charge is 2.21. The first-order valence-electron chi connectivity index (χ1n) is 14.4. The van der Waals surface area contributed by atoms with Crippen molar-refractivity contribution in [3.05, 3.63) is 95.6 Å². The van der Waals surface area contributed by atoms with Crippen molar-refractivity contribution >= 4 is 23.5 Å². The molecule has 2 aliphatic heterocycles. The summed E-state index contributed by atoms with van der Waals surface area (Å²) in [5, 5.41) is 3.60. The van der Waals surface area contributed by atoms with Crippen LogP contribution in [0.1, 0.15) is 21.5 Å². The van der Waals surface area contributed by atoms with Crippen LogP contribution < -0.4 is 19.7 Å². The zero-order valence-electron chi connectivity index (χ0n) is 24.2. The summed E-state index contributed by atoms with van der Waals surface area (Å²) in [4.78, 5) is 27.2. The van der Waals surface area contributed by atoms with Gasteiger partial charge in [-0.05, 0) is 35.4 Å². The molecule has 3 aromatic carbocycles. The lowest BCUT2D eigenvalue weighted by atomic mass is 10.1. The molecule has 1 amide bonds. The molecule has 0 spiro atoms. The number of carbonyl (C=O) groups excluding carboxylic acids is 1. The molecule has 3 heterocycles. The first kappa shape index (κ1) is 29.0. The third-order valence-electron chi connectivity index (χ3n) is 7.45. The molecule has 0 aliphatic carbocycles. The summed E-state index contributed by atoms with van der Waals surface area (Å²) in [6.07, 6.45) is 0. The minimum Gasteiger partial charge on any atom is -0.454 e. The van der Waals surface area contributed by atoms with Crippen LogP contribution in [0.15, 0.2) is 84.0 Å². The van der Waals surface area contributed by atoms with Crippen LogP contribution in [0.3, 0.4) is 0 Å². The second-order valence-electron chi connectivity index (χ2n) is 10.4. The average Bonchev–Trinajstić information content (AvgIpc) is 3.53. The van der Waals surface area contributed by atoms with Gasteiger partial charge in [0.15, 0.2) is 16.7 Å². The molecule has 0 saturated carbocycles. The van der Waals surface area contributed by atoms with E-state index in [2.05, 4.69) is 45.4 Å². The number of rotatable bonds is 11. The number of nitrogens with zero attached hydrogens (tertiary/aromatic N) is 4. The van der Waals surface area contributed by atoms with Crippen molar-refractivity contribution in [3.8, 4) is 22.8 Å². The van der Waals surface area contributed by atoms with Gasteiger partial charge in [-0.15, -0.1) is 0 Å². The van der Waals surface area contributed by atoms with Gasteiger partial charge in [0.25, 0.3) is 5.91 Å². The summed E-state index contributed by atoms with van der Waals surface area (Å²) in [5.41, 5.74) is 4.86. The van der Waals surface area contributed by atoms with Crippen LogP contribution in [0.5, 0.6) is 11.5 Å². The van der Waals surface area contributed by atoms with E-state index in [1.165, 1.54) is 5.56 Å². The largest absolute Gasteiger partial charge is 0.454 e. The molecule has 1 aromatic heterocycles. The zero-order chi connectivity index (χ0) is 29.4. The fourth-order valence-corrected chi connectivity index (χ4v) is 5.94. The Morgan fingerprint density at radius 2 is 1.74 bits per heavy atom. The number of nitrogens with one attached hydrogen (secondary N) is 1. The molecule has 222 valence electrons. The highest BCUT2D eigenvalue weighted by Crippen LogP contribution is 2.33. The molecule has 0 bridgehead atoms. The summed E-state index contributed by atoms with van der Waals surface area (Å²) in [7, 11) is 1.62. The number of carbonyl (C=O) groups is 1. The minimum absolute atomic E-state index is 0.105. The third kappa shape index (κ3) is 7.45. The van der Waals surface area contributed by atoms with E-state index in [1.807, 2.05) is 48.5 Å². The van der Waals surface area contributed by atoms with Crippen molar-refractivity contribution in [2.24, 2.45) is 0 Å². The predicted molar refractivity (Wildman–Crippen MR) is 168 cm³/mol. The normalized spacial score (nSPS) is 14.6. The van der Waals surface area contributed by atoms with E-state index >= 15 is 0 Å². The van der Waals surface area contributed by atoms with Gasteiger partial charge in [-0.3, -0.25) is 9.69 Å². The number of aromatic nitrogens is 2. The Morgan fingerprint density at radius 1 is 0.907 bits per heavy atom. The maximum atomic E-state index is 12.5. The summed E-state index contributed by atoms with van der Waals surface area (Å²) >= 11 is 1.58. The number of piperazine rings is 1. The highest BCUT2D eigenvalue weighted by atomic mass is 32.2. The molecule has 43 heavy (non-hydrogen) atoms. The first-order chi connectivity index (χ1) is 21.1. The zero-order valence-corrected chi connectivity index (χ0v) is 25.0. The van der Waals surface area contributed by atoms with Crippen LogP contribution in [-0.4, -0.2) is 74.0 Å². The van der Waals surface area contributed by atoms with Crippen molar-refractivity contribution in [1.29, 1.82) is 0 Å². The maximum Gasteiger partial charge on any atom is 0.251 e. The molecule has 0 radical (unpaired) electrons. The summed E-state index contributed by atoms with van der Waals surface area (Å²) in [5.74, 6) is 3.13. The molecule has 1 N–H and O–H groups in total. The second kappa shape index (κ2) is 13.9. The predicted octanol–water partition coefficient (Wildman–Crippen LogP) is 4.86. The number of ether oxygens (including phenoxy) is 3. The number of thioether (sulfide) groups is 1. The van der Waals surface area contributed by atoms with Gasteiger partial charge in [0.1, 0.15) is 5.82 Å². The number of hydrogen-bond acceptors (Lipinski definition) is 9. The lowest BCUT2D eigenvalue weighted by Crippen LogP contribution is -2.46. The van der Waals surface area contributed by atoms with E-state index in [9.17, 15) is 4.79 Å². The number of hydrogen-bond donors (Lipinski definition) is 1. The van der Waals surface area contributed by atoms with E-state index in [4.69, 9.17) is 24.2 Å². The Balaban J connectivity index is 1.13. The smallest absolute Gasteiger partial charge is 0.251 e. The van der Waals surface area contributed by atoms with Crippen LogP contribution in [0, 0.1) is 0 Å². The number of methoxy groups -OCH3 is 1. The Morgan fingerprint density at radius 3 is 2.58 bits per heavy atom. The number of anilines is 1. The van der Waals surface area contributed by atoms with Crippen molar-refractivity contribution in [3.63, 3.8) is 0 Å². The first-order valence-corrected chi connectivity index (χ1v) is 15.4. The molecule has 0 atom stereocenters. The van der Waals surface area contributed by atoms with Crippen LogP contribution in [-0.2, 0) is 17.0 Å². The molecular weight excluding hydrogens is 562 g/mol. The maximum absolute atomic E-state index is 12.5. The van der Waals surface area contributed by atoms with Gasteiger partial charge in [0, 0.05) is 69.3 Å². The van der Waals surface area contributed by atoms with E-state index < -0.39 is 0 Å². The van der Waals surface area contributed by atoms with Gasteiger partial charge in [0.05, 0.1) is 12.3 Å². The summed E-state index contributed by atoms with van der Waals surface area (Å²) < 4.78 is 16.0. The number of benzene rings is 3. The molecule has 6 rings (SSSR count). The van der Waals surface area contributed by atoms with Crippen molar-refractivity contribution < 1.29 is 19.0 Å². The van der Waals surface area contributed by atoms with E-state index in [0.29, 0.717) is 36.4 Å². The Hall–Kier alpha value is -4.12. The molecule has 10 heteroatoms. The molecule has 1 fully saturated rings. The van der Waals surface area contributed by atoms with Crippen molar-refractivity contribution in [1.82, 2.24) is 20.2 Å².